The molecule has 0 spiro atoms. The van der Waals surface area contributed by atoms with E-state index in [0.29, 0.717) is 24.3 Å². The molecule has 2 N–H and O–H groups in total. The molecule has 0 saturated carbocycles. The van der Waals surface area contributed by atoms with Gasteiger partial charge in [-0.25, -0.2) is 8.42 Å². The topological polar surface area (TPSA) is 87.2 Å². The summed E-state index contributed by atoms with van der Waals surface area (Å²) in [7, 11) is -3.63. The monoisotopic (exact) mass is 279 g/mol. The molecule has 1 atom stereocenters. The van der Waals surface area contributed by atoms with E-state index in [1.807, 2.05) is 19.1 Å². The van der Waals surface area contributed by atoms with Gasteiger partial charge in [0.15, 0.2) is 5.25 Å². The average Bonchev–Trinajstić information content (AvgIpc) is 2.74. The zero-order chi connectivity index (χ0) is 14.2. The fraction of sp³-hybridized carbons (Fsp3) is 0.462. The third kappa shape index (κ3) is 2.15. The van der Waals surface area contributed by atoms with Crippen LogP contribution in [0.1, 0.15) is 24.5 Å². The molecule has 19 heavy (non-hydrogen) atoms. The summed E-state index contributed by atoms with van der Waals surface area (Å²) in [5.41, 5.74) is 8.97. The fourth-order valence-electron chi connectivity index (χ4n) is 2.33. The number of nitrogens with zero attached hydrogens (tertiary/aromatic N) is 2. The average molecular weight is 279 g/mol. The molecular weight excluding hydrogens is 262 g/mol. The minimum atomic E-state index is -3.63. The van der Waals surface area contributed by atoms with E-state index in [0.717, 1.165) is 11.1 Å². The molecule has 102 valence electrons. The molecule has 1 unspecified atom stereocenters. The third-order valence-corrected chi connectivity index (χ3v) is 5.65. The van der Waals surface area contributed by atoms with Crippen LogP contribution in [0.4, 0.5) is 11.4 Å². The highest BCUT2D eigenvalue weighted by atomic mass is 32.2. The van der Waals surface area contributed by atoms with Crippen LogP contribution < -0.4 is 10.0 Å². The van der Waals surface area contributed by atoms with Crippen molar-refractivity contribution in [2.24, 2.45) is 0 Å². The third-order valence-electron chi connectivity index (χ3n) is 3.50. The number of rotatable bonds is 3. The van der Waals surface area contributed by atoms with E-state index in [9.17, 15) is 8.42 Å². The molecular formula is C13H17N3O2S. The Balaban J connectivity index is 2.49. The van der Waals surface area contributed by atoms with Crippen LogP contribution in [0.5, 0.6) is 0 Å². The highest BCUT2D eigenvalue weighted by Gasteiger charge is 2.35. The van der Waals surface area contributed by atoms with Crippen molar-refractivity contribution in [3.63, 3.8) is 0 Å². The Morgan fingerprint density at radius 2 is 2.21 bits per heavy atom. The largest absolute Gasteiger partial charge is 0.398 e. The number of sulfonamides is 1. The van der Waals surface area contributed by atoms with Crippen molar-refractivity contribution in [3.8, 4) is 6.07 Å². The number of fused-ring (bicyclic) bond motifs is 1. The maximum atomic E-state index is 12.4. The van der Waals surface area contributed by atoms with Crippen molar-refractivity contribution in [1.29, 1.82) is 5.26 Å². The van der Waals surface area contributed by atoms with E-state index < -0.39 is 15.3 Å². The maximum absolute atomic E-state index is 12.4. The predicted molar refractivity (Wildman–Crippen MR) is 75.3 cm³/mol. The molecule has 6 heteroatoms. The minimum Gasteiger partial charge on any atom is -0.398 e. The molecule has 1 aromatic carbocycles. The van der Waals surface area contributed by atoms with E-state index in [1.165, 1.54) is 4.31 Å². The van der Waals surface area contributed by atoms with Crippen molar-refractivity contribution >= 4 is 21.4 Å². The van der Waals surface area contributed by atoms with Crippen LogP contribution in [-0.4, -0.2) is 20.2 Å². The molecule has 0 aromatic heterocycles. The van der Waals surface area contributed by atoms with Crippen LogP contribution in [0, 0.1) is 18.3 Å². The van der Waals surface area contributed by atoms with Crippen LogP contribution in [0.2, 0.25) is 0 Å². The Kier molecular flexibility index (Phi) is 3.42. The van der Waals surface area contributed by atoms with Crippen LogP contribution in [0.15, 0.2) is 12.1 Å². The summed E-state index contributed by atoms with van der Waals surface area (Å²) in [5, 5.41) is 7.99. The van der Waals surface area contributed by atoms with E-state index >= 15 is 0 Å². The number of nitriles is 1. The van der Waals surface area contributed by atoms with Crippen molar-refractivity contribution in [1.82, 2.24) is 0 Å². The van der Waals surface area contributed by atoms with Gasteiger partial charge in [0.05, 0.1) is 11.8 Å². The van der Waals surface area contributed by atoms with Gasteiger partial charge in [-0.15, -0.1) is 0 Å². The quantitative estimate of drug-likeness (QED) is 0.851. The number of hydrogen-bond donors (Lipinski definition) is 1. The summed E-state index contributed by atoms with van der Waals surface area (Å²) < 4.78 is 26.2. The molecule has 0 fully saturated rings. The van der Waals surface area contributed by atoms with Crippen molar-refractivity contribution in [3.05, 3.63) is 23.3 Å². The standard InChI is InChI=1S/C13H17N3O2S/c1-3-11(8-14)19(17,18)16-5-4-10-6-9(2)12(15)7-13(10)16/h6-7,11H,3-5,15H2,1-2H3. The fourth-order valence-corrected chi connectivity index (χ4v) is 3.99. The molecule has 0 bridgehead atoms. The maximum Gasteiger partial charge on any atom is 0.251 e. The van der Waals surface area contributed by atoms with Gasteiger partial charge in [-0.1, -0.05) is 13.0 Å². The smallest absolute Gasteiger partial charge is 0.251 e. The molecule has 1 aliphatic heterocycles. The van der Waals surface area contributed by atoms with Crippen LogP contribution in [0.25, 0.3) is 0 Å². The lowest BCUT2D eigenvalue weighted by molar-refractivity contribution is 0.583. The summed E-state index contributed by atoms with van der Waals surface area (Å²) in [6.07, 6.45) is 0.948. The molecule has 0 saturated heterocycles. The van der Waals surface area contributed by atoms with Crippen LogP contribution >= 0.6 is 0 Å². The van der Waals surface area contributed by atoms with Gasteiger partial charge in [-0.2, -0.15) is 5.26 Å². The summed E-state index contributed by atoms with van der Waals surface area (Å²) in [6.45, 7) is 3.99. The van der Waals surface area contributed by atoms with Gasteiger partial charge >= 0.3 is 0 Å². The molecule has 0 amide bonds. The van der Waals surface area contributed by atoms with Crippen molar-refractivity contribution < 1.29 is 8.42 Å². The second-order valence-electron chi connectivity index (χ2n) is 4.73. The molecule has 1 aliphatic rings. The van der Waals surface area contributed by atoms with E-state index in [4.69, 9.17) is 11.0 Å². The molecule has 0 radical (unpaired) electrons. The number of nitrogens with two attached hydrogens (primary N) is 1. The lowest BCUT2D eigenvalue weighted by Crippen LogP contribution is -2.36. The van der Waals surface area contributed by atoms with Gasteiger partial charge in [-0.05, 0) is 37.0 Å². The first-order valence-electron chi connectivity index (χ1n) is 6.22. The Labute approximate surface area is 113 Å². The van der Waals surface area contributed by atoms with Gasteiger partial charge in [-0.3, -0.25) is 4.31 Å². The minimum absolute atomic E-state index is 0.284. The summed E-state index contributed by atoms with van der Waals surface area (Å²) in [4.78, 5) is 0. The zero-order valence-corrected chi connectivity index (χ0v) is 11.9. The van der Waals surface area contributed by atoms with Gasteiger partial charge in [0.25, 0.3) is 10.0 Å². The van der Waals surface area contributed by atoms with Crippen LogP contribution in [-0.2, 0) is 16.4 Å². The highest BCUT2D eigenvalue weighted by Crippen LogP contribution is 2.35. The SMILES string of the molecule is CCC(C#N)S(=O)(=O)N1CCc2cc(C)c(N)cc21. The number of benzene rings is 1. The Morgan fingerprint density at radius 3 is 2.79 bits per heavy atom. The highest BCUT2D eigenvalue weighted by molar-refractivity contribution is 7.93. The first kappa shape index (κ1) is 13.7. The Bertz CT molecular complexity index is 647. The zero-order valence-electron chi connectivity index (χ0n) is 11.0. The Morgan fingerprint density at radius 1 is 1.53 bits per heavy atom. The molecule has 5 nitrogen and oxygen atoms in total. The number of hydrogen-bond acceptors (Lipinski definition) is 4. The van der Waals surface area contributed by atoms with Gasteiger partial charge in [0, 0.05) is 12.2 Å². The summed E-state index contributed by atoms with van der Waals surface area (Å²) in [5.74, 6) is 0. The number of anilines is 2. The number of nitrogen functional groups attached to an aromatic ring is 1. The van der Waals surface area contributed by atoms with E-state index in [1.54, 1.807) is 13.0 Å². The molecule has 0 aliphatic carbocycles. The predicted octanol–water partition coefficient (Wildman–Crippen LogP) is 1.57. The molecule has 1 heterocycles. The van der Waals surface area contributed by atoms with Crippen molar-refractivity contribution in [2.75, 3.05) is 16.6 Å². The van der Waals surface area contributed by atoms with Crippen molar-refractivity contribution in [2.45, 2.75) is 31.9 Å². The second-order valence-corrected chi connectivity index (χ2v) is 6.77. The lowest BCUT2D eigenvalue weighted by atomic mass is 10.1. The Hall–Kier alpha value is -1.74. The van der Waals surface area contributed by atoms with E-state index in [-0.39, 0.29) is 6.42 Å². The first-order chi connectivity index (χ1) is 8.91. The van der Waals surface area contributed by atoms with Gasteiger partial charge < -0.3 is 5.73 Å². The van der Waals surface area contributed by atoms with Gasteiger partial charge in [0.2, 0.25) is 0 Å². The summed E-state index contributed by atoms with van der Waals surface area (Å²) >= 11 is 0. The summed E-state index contributed by atoms with van der Waals surface area (Å²) in [6, 6.07) is 5.48. The van der Waals surface area contributed by atoms with Gasteiger partial charge in [0.1, 0.15) is 0 Å². The molecule has 2 rings (SSSR count). The van der Waals surface area contributed by atoms with Crippen LogP contribution in [0.3, 0.4) is 0 Å². The first-order valence-corrected chi connectivity index (χ1v) is 7.72. The second kappa shape index (κ2) is 4.74. The normalized spacial score (nSPS) is 15.9. The molecule has 1 aromatic rings. The number of aryl methyl sites for hydroxylation is 1. The van der Waals surface area contributed by atoms with E-state index in [2.05, 4.69) is 0 Å². The lowest BCUT2D eigenvalue weighted by Gasteiger charge is -2.22.